The summed E-state index contributed by atoms with van der Waals surface area (Å²) in [6.07, 6.45) is -9.58. The zero-order valence-corrected chi connectivity index (χ0v) is 24.2. The number of carbonyl (C=O) groups excluding carboxylic acids is 1. The number of anilines is 2. The zero-order chi connectivity index (χ0) is 31.2. The maximum absolute atomic E-state index is 14.0. The number of aromatic nitrogens is 4. The topological polar surface area (TPSA) is 76.4 Å². The van der Waals surface area contributed by atoms with Crippen molar-refractivity contribution >= 4 is 29.3 Å². The van der Waals surface area contributed by atoms with E-state index in [-0.39, 0.29) is 40.9 Å². The van der Waals surface area contributed by atoms with E-state index < -0.39 is 41.2 Å². The first-order valence-electron chi connectivity index (χ1n) is 12.9. The fraction of sp³-hybridized carbons (Fsp3) is 0.481. The molecule has 1 aromatic heterocycles. The minimum Gasteiger partial charge on any atom is -0.443 e. The molecule has 2 aromatic carbocycles. The highest BCUT2D eigenvalue weighted by atomic mass is 35.5. The van der Waals surface area contributed by atoms with E-state index in [1.807, 2.05) is 0 Å². The summed E-state index contributed by atoms with van der Waals surface area (Å²) in [5.74, 6) is 0.0326. The largest absolute Gasteiger partial charge is 0.443 e. The van der Waals surface area contributed by atoms with Crippen molar-refractivity contribution < 1.29 is 35.9 Å². The molecule has 15 heteroatoms. The Morgan fingerprint density at radius 3 is 2.33 bits per heavy atom. The lowest BCUT2D eigenvalue weighted by atomic mass is 9.94. The smallest absolute Gasteiger partial charge is 0.416 e. The molecule has 0 N–H and O–H groups in total. The van der Waals surface area contributed by atoms with Gasteiger partial charge in [-0.15, -0.1) is 5.10 Å². The summed E-state index contributed by atoms with van der Waals surface area (Å²) in [7, 11) is 1.50. The van der Waals surface area contributed by atoms with E-state index in [0.717, 1.165) is 23.0 Å². The van der Waals surface area contributed by atoms with Gasteiger partial charge in [-0.05, 0) is 86.7 Å². The van der Waals surface area contributed by atoms with Crippen LogP contribution in [0.25, 0.3) is 0 Å². The molecule has 3 aromatic rings. The number of halogens is 7. The Kier molecular flexibility index (Phi) is 8.42. The van der Waals surface area contributed by atoms with Crippen LogP contribution in [-0.4, -0.2) is 38.4 Å². The number of ether oxygens (including phenoxy) is 1. The number of hydrogen-bond acceptors (Lipinski definition) is 6. The molecule has 0 fully saturated rings. The lowest BCUT2D eigenvalue weighted by molar-refractivity contribution is -0.138. The van der Waals surface area contributed by atoms with E-state index >= 15 is 0 Å². The molecule has 0 radical (unpaired) electrons. The molecule has 0 unspecified atom stereocenters. The number of tetrazole rings is 1. The Labute approximate surface area is 243 Å². The van der Waals surface area contributed by atoms with Crippen molar-refractivity contribution in [2.45, 2.75) is 71.1 Å². The van der Waals surface area contributed by atoms with E-state index in [1.54, 1.807) is 25.7 Å². The highest BCUT2D eigenvalue weighted by Crippen LogP contribution is 2.44. The Hall–Kier alpha value is -3.55. The molecule has 0 aliphatic carbocycles. The molecule has 1 amide bonds. The van der Waals surface area contributed by atoms with Crippen LogP contribution < -0.4 is 9.80 Å². The second-order valence-electron chi connectivity index (χ2n) is 11.1. The van der Waals surface area contributed by atoms with Gasteiger partial charge >= 0.3 is 18.4 Å². The quantitative estimate of drug-likeness (QED) is 0.282. The Morgan fingerprint density at radius 1 is 1.07 bits per heavy atom. The Balaban J connectivity index is 1.89. The number of amides is 1. The summed E-state index contributed by atoms with van der Waals surface area (Å²) in [5.41, 5.74) is -2.43. The first kappa shape index (κ1) is 31.4. The van der Waals surface area contributed by atoms with Crippen LogP contribution in [0, 0.1) is 6.92 Å². The summed E-state index contributed by atoms with van der Waals surface area (Å²) in [6, 6.07) is 4.61. The molecule has 0 spiro atoms. The van der Waals surface area contributed by atoms with Gasteiger partial charge in [0.2, 0.25) is 0 Å². The molecule has 4 rings (SSSR count). The maximum atomic E-state index is 14.0. The Bertz CT molecular complexity index is 1470. The van der Waals surface area contributed by atoms with Gasteiger partial charge in [-0.3, -0.25) is 4.90 Å². The molecule has 8 nitrogen and oxygen atoms in total. The fourth-order valence-electron chi connectivity index (χ4n) is 4.89. The first-order chi connectivity index (χ1) is 19.3. The van der Waals surface area contributed by atoms with Gasteiger partial charge in [0, 0.05) is 18.1 Å². The van der Waals surface area contributed by atoms with Crippen LogP contribution in [0.2, 0.25) is 5.02 Å². The molecule has 0 bridgehead atoms. The predicted molar refractivity (Wildman–Crippen MR) is 143 cm³/mol. The third-order valence-corrected chi connectivity index (χ3v) is 6.79. The number of nitrogens with zero attached hydrogens (tertiary/aromatic N) is 6. The number of hydrogen-bond donors (Lipinski definition) is 0. The van der Waals surface area contributed by atoms with Crippen LogP contribution in [0.15, 0.2) is 30.3 Å². The van der Waals surface area contributed by atoms with Gasteiger partial charge in [0.15, 0.2) is 0 Å². The fourth-order valence-corrected chi connectivity index (χ4v) is 5.14. The van der Waals surface area contributed by atoms with E-state index in [9.17, 15) is 31.1 Å². The van der Waals surface area contributed by atoms with Crippen LogP contribution in [0.4, 0.5) is 42.8 Å². The molecular formula is C27H29ClF6N6O2. The number of fused-ring (bicyclic) bond motifs is 1. The minimum absolute atomic E-state index is 0.0272. The highest BCUT2D eigenvalue weighted by molar-refractivity contribution is 6.30. The van der Waals surface area contributed by atoms with Gasteiger partial charge in [-0.25, -0.2) is 4.79 Å². The number of aryl methyl sites for hydroxylation is 2. The van der Waals surface area contributed by atoms with Crippen LogP contribution in [0.5, 0.6) is 0 Å². The lowest BCUT2D eigenvalue weighted by Gasteiger charge is -2.33. The summed E-state index contributed by atoms with van der Waals surface area (Å²) >= 11 is 6.04. The van der Waals surface area contributed by atoms with Crippen molar-refractivity contribution in [3.8, 4) is 0 Å². The summed E-state index contributed by atoms with van der Waals surface area (Å²) in [4.78, 5) is 17.1. The third kappa shape index (κ3) is 7.08. The SMILES string of the molecule is Cc1cc2c(cc1C(F)(F)F)N(C(=O)OC(C)(C)C)CCC[C@@H]2N(Cc1cc(Cl)cc(C(F)(F)F)c1)c1nnn(C)n1. The predicted octanol–water partition coefficient (Wildman–Crippen LogP) is 7.49. The van der Waals surface area contributed by atoms with Gasteiger partial charge in [-0.1, -0.05) is 22.8 Å². The molecule has 0 saturated carbocycles. The molecule has 0 saturated heterocycles. The van der Waals surface area contributed by atoms with Gasteiger partial charge in [0.25, 0.3) is 5.95 Å². The standard InChI is InChI=1S/C27H29ClF6N6O2/c1-15-9-19-21(7-6-8-39(24(41)42-25(2,3)4)22(19)13-20(15)27(32,33)34)40(23-35-37-38(5)36-23)14-16-10-17(26(29,30)31)12-18(28)11-16/h9-13,21H,6-8,14H2,1-5H3/t21-/m0/s1. The molecule has 228 valence electrons. The molecular weight excluding hydrogens is 590 g/mol. The molecule has 1 atom stereocenters. The lowest BCUT2D eigenvalue weighted by Crippen LogP contribution is -2.37. The van der Waals surface area contributed by atoms with Crippen molar-refractivity contribution in [3.05, 3.63) is 63.2 Å². The zero-order valence-electron chi connectivity index (χ0n) is 23.4. The summed E-state index contributed by atoms with van der Waals surface area (Å²) in [5, 5.41) is 12.0. The minimum atomic E-state index is -4.71. The molecule has 42 heavy (non-hydrogen) atoms. The monoisotopic (exact) mass is 618 g/mol. The van der Waals surface area contributed by atoms with Crippen LogP contribution in [-0.2, 0) is 30.7 Å². The van der Waals surface area contributed by atoms with Crippen molar-refractivity contribution in [3.63, 3.8) is 0 Å². The highest BCUT2D eigenvalue weighted by Gasteiger charge is 2.39. The Morgan fingerprint density at radius 2 is 1.76 bits per heavy atom. The number of alkyl halides is 6. The van der Waals surface area contributed by atoms with Crippen LogP contribution in [0.3, 0.4) is 0 Å². The molecule has 2 heterocycles. The van der Waals surface area contributed by atoms with Crippen LogP contribution in [0.1, 0.15) is 67.5 Å². The number of benzene rings is 2. The normalized spacial score (nSPS) is 16.2. The second kappa shape index (κ2) is 11.3. The van der Waals surface area contributed by atoms with E-state index in [1.165, 1.54) is 31.0 Å². The van der Waals surface area contributed by atoms with Gasteiger partial charge < -0.3 is 9.64 Å². The average molecular weight is 619 g/mol. The van der Waals surface area contributed by atoms with E-state index in [0.29, 0.717) is 18.4 Å². The average Bonchev–Trinajstić information content (AvgIpc) is 3.17. The molecule has 1 aliphatic rings. The summed E-state index contributed by atoms with van der Waals surface area (Å²) in [6.45, 7) is 6.08. The van der Waals surface area contributed by atoms with Gasteiger partial charge in [0.1, 0.15) is 5.60 Å². The first-order valence-corrected chi connectivity index (χ1v) is 13.3. The second-order valence-corrected chi connectivity index (χ2v) is 11.5. The number of carbonyl (C=O) groups is 1. The maximum Gasteiger partial charge on any atom is 0.416 e. The number of rotatable bonds is 4. The van der Waals surface area contributed by atoms with Crippen molar-refractivity contribution in [1.82, 2.24) is 20.2 Å². The van der Waals surface area contributed by atoms with E-state index in [4.69, 9.17) is 16.3 Å². The van der Waals surface area contributed by atoms with Crippen LogP contribution >= 0.6 is 11.6 Å². The molecule has 1 aliphatic heterocycles. The van der Waals surface area contributed by atoms with E-state index in [2.05, 4.69) is 15.4 Å². The van der Waals surface area contributed by atoms with Crippen molar-refractivity contribution in [2.24, 2.45) is 7.05 Å². The van der Waals surface area contributed by atoms with Crippen molar-refractivity contribution in [1.29, 1.82) is 0 Å². The van der Waals surface area contributed by atoms with Gasteiger partial charge in [0.05, 0.1) is 29.9 Å². The third-order valence-electron chi connectivity index (χ3n) is 6.57. The summed E-state index contributed by atoms with van der Waals surface area (Å²) < 4.78 is 88.3. The van der Waals surface area contributed by atoms with Crippen molar-refractivity contribution in [2.75, 3.05) is 16.3 Å². The van der Waals surface area contributed by atoms with Gasteiger partial charge in [-0.2, -0.15) is 31.1 Å².